The number of nitrogens with one attached hydrogen (secondary N) is 1. The molecule has 144 valence electrons. The molecule has 2 aromatic heterocycles. The average molecular weight is 457 g/mol. The van der Waals surface area contributed by atoms with E-state index >= 15 is 4.39 Å². The summed E-state index contributed by atoms with van der Waals surface area (Å²) in [5.41, 5.74) is 2.87. The Hall–Kier alpha value is -2.10. The Morgan fingerprint density at radius 1 is 1.25 bits per heavy atom. The molecule has 0 aliphatic rings. The number of rotatable bonds is 3. The molecule has 2 heterocycles. The molecule has 3 nitrogen and oxygen atoms in total. The second-order valence-electron chi connectivity index (χ2n) is 7.74. The molecule has 4 aromatic rings. The maximum absolute atomic E-state index is 15.0. The van der Waals surface area contributed by atoms with Crippen LogP contribution in [0.25, 0.3) is 32.1 Å². The Balaban J connectivity index is 2.09. The zero-order chi connectivity index (χ0) is 20.2. The number of phenols is 1. The fraction of sp³-hybridized carbons (Fsp3) is 0.227. The normalized spacial score (nSPS) is 12.2. The van der Waals surface area contributed by atoms with E-state index in [0.717, 1.165) is 21.5 Å². The van der Waals surface area contributed by atoms with Gasteiger partial charge in [-0.05, 0) is 0 Å². The number of thiophene rings is 1. The summed E-state index contributed by atoms with van der Waals surface area (Å²) in [4.78, 5) is 15.4. The number of aryl methyl sites for hydroxylation is 1. The number of halogens is 1. The summed E-state index contributed by atoms with van der Waals surface area (Å²) >= 11 is 2.93. The molecule has 0 aliphatic carbocycles. The van der Waals surface area contributed by atoms with Gasteiger partial charge in [-0.2, -0.15) is 0 Å². The van der Waals surface area contributed by atoms with Crippen molar-refractivity contribution in [2.24, 2.45) is 0 Å². The molecule has 0 amide bonds. The van der Waals surface area contributed by atoms with Gasteiger partial charge in [0.05, 0.1) is 0 Å². The molecule has 0 aliphatic heterocycles. The van der Waals surface area contributed by atoms with Gasteiger partial charge in [0.2, 0.25) is 0 Å². The third-order valence-electron chi connectivity index (χ3n) is 5.38. The quantitative estimate of drug-likeness (QED) is 0.431. The molecule has 0 radical (unpaired) electrons. The Morgan fingerprint density at radius 2 is 2.00 bits per heavy atom. The van der Waals surface area contributed by atoms with Gasteiger partial charge in [-0.3, -0.25) is 0 Å². The molecule has 1 unspecified atom stereocenters. The molecule has 1 atom stereocenters. The van der Waals surface area contributed by atoms with Gasteiger partial charge in [-0.25, -0.2) is 0 Å². The minimum absolute atomic E-state index is 0.0785. The predicted octanol–water partition coefficient (Wildman–Crippen LogP) is 4.89. The summed E-state index contributed by atoms with van der Waals surface area (Å²) in [6, 6.07) is 8.66. The Morgan fingerprint density at radius 3 is 2.68 bits per heavy atom. The molecular formula is C22H21AsFNO2S. The van der Waals surface area contributed by atoms with Crippen LogP contribution in [0, 0.1) is 12.7 Å². The van der Waals surface area contributed by atoms with E-state index in [1.807, 2.05) is 44.4 Å². The first-order valence-electron chi connectivity index (χ1n) is 9.01. The zero-order valence-corrected chi connectivity index (χ0v) is 19.1. The molecule has 0 bridgehead atoms. The molecule has 4 rings (SSSR count). The fourth-order valence-corrected chi connectivity index (χ4v) is 4.96. The van der Waals surface area contributed by atoms with Crippen LogP contribution in [0.15, 0.2) is 40.5 Å². The van der Waals surface area contributed by atoms with Crippen LogP contribution in [0.2, 0.25) is 5.21 Å². The summed E-state index contributed by atoms with van der Waals surface area (Å²) in [6.07, 6.45) is 0. The van der Waals surface area contributed by atoms with Crippen molar-refractivity contribution >= 4 is 49.2 Å². The van der Waals surface area contributed by atoms with E-state index in [-0.39, 0.29) is 22.5 Å². The summed E-state index contributed by atoms with van der Waals surface area (Å²) in [5, 5.41) is 15.0. The van der Waals surface area contributed by atoms with E-state index in [9.17, 15) is 9.90 Å². The van der Waals surface area contributed by atoms with Gasteiger partial charge >= 0.3 is 175 Å². The number of pyridine rings is 1. The molecule has 0 saturated carbocycles. The number of aromatic hydroxyl groups is 1. The number of hydrogen-bond acceptors (Lipinski definition) is 3. The van der Waals surface area contributed by atoms with E-state index in [0.29, 0.717) is 26.9 Å². The summed E-state index contributed by atoms with van der Waals surface area (Å²) in [5.74, 6) is -0.200. The molecule has 0 saturated heterocycles. The third kappa shape index (κ3) is 2.89. The average Bonchev–Trinajstić information content (AvgIpc) is 3.13. The fourth-order valence-electron chi connectivity index (χ4n) is 3.70. The molecule has 0 fully saturated rings. The van der Waals surface area contributed by atoms with Crippen molar-refractivity contribution < 1.29 is 9.50 Å². The molecular weight excluding hydrogens is 436 g/mol. The van der Waals surface area contributed by atoms with E-state index in [4.69, 9.17) is 0 Å². The molecule has 0 spiro atoms. The van der Waals surface area contributed by atoms with Crippen LogP contribution in [0.5, 0.6) is 5.75 Å². The molecule has 6 heteroatoms. The molecule has 2 N–H and O–H groups in total. The van der Waals surface area contributed by atoms with Crippen LogP contribution in [0.4, 0.5) is 4.39 Å². The number of phenolic OH excluding ortho intramolecular Hbond substituents is 1. The number of aromatic amines is 1. The number of H-pyrrole nitrogens is 1. The number of aromatic nitrogens is 1. The van der Waals surface area contributed by atoms with Gasteiger partial charge in [0.25, 0.3) is 0 Å². The van der Waals surface area contributed by atoms with Gasteiger partial charge in [0, 0.05) is 0 Å². The van der Waals surface area contributed by atoms with E-state index in [1.165, 1.54) is 17.4 Å². The van der Waals surface area contributed by atoms with Crippen LogP contribution in [0.3, 0.4) is 0 Å². The van der Waals surface area contributed by atoms with Gasteiger partial charge in [0.1, 0.15) is 0 Å². The van der Waals surface area contributed by atoms with Crippen molar-refractivity contribution in [1.82, 2.24) is 4.98 Å². The van der Waals surface area contributed by atoms with Gasteiger partial charge in [-0.15, -0.1) is 0 Å². The summed E-state index contributed by atoms with van der Waals surface area (Å²) in [7, 11) is 0. The van der Waals surface area contributed by atoms with Crippen molar-refractivity contribution in [3.8, 4) is 16.9 Å². The first kappa shape index (κ1) is 19.2. The van der Waals surface area contributed by atoms with Crippen molar-refractivity contribution in [3.05, 3.63) is 63.0 Å². The van der Waals surface area contributed by atoms with Crippen LogP contribution in [-0.4, -0.2) is 26.9 Å². The monoisotopic (exact) mass is 457 g/mol. The number of hydrogen-bond donors (Lipinski definition) is 2. The van der Waals surface area contributed by atoms with Crippen molar-refractivity contribution in [3.63, 3.8) is 0 Å². The van der Waals surface area contributed by atoms with Crippen molar-refractivity contribution in [2.45, 2.75) is 31.4 Å². The summed E-state index contributed by atoms with van der Waals surface area (Å²) in [6.45, 7) is 5.91. The first-order chi connectivity index (χ1) is 13.2. The molecule has 2 aromatic carbocycles. The van der Waals surface area contributed by atoms with Crippen LogP contribution in [-0.2, 0) is 5.41 Å². The minimum atomic E-state index is -0.278. The van der Waals surface area contributed by atoms with Crippen LogP contribution in [0.1, 0.15) is 25.0 Å². The Bertz CT molecular complexity index is 1290. The topological polar surface area (TPSA) is 53.1 Å². The first-order valence-corrected chi connectivity index (χ1v) is 11.6. The number of benzene rings is 2. The molecule has 28 heavy (non-hydrogen) atoms. The second kappa shape index (κ2) is 6.75. The van der Waals surface area contributed by atoms with Crippen LogP contribution >= 0.6 is 11.3 Å². The Labute approximate surface area is 174 Å². The zero-order valence-electron chi connectivity index (χ0n) is 15.9. The van der Waals surface area contributed by atoms with Gasteiger partial charge in [-0.1, -0.05) is 0 Å². The maximum atomic E-state index is 15.0. The van der Waals surface area contributed by atoms with Crippen LogP contribution < -0.4 is 5.56 Å². The van der Waals surface area contributed by atoms with Crippen molar-refractivity contribution in [1.29, 1.82) is 0 Å². The van der Waals surface area contributed by atoms with Gasteiger partial charge in [0.15, 0.2) is 0 Å². The van der Waals surface area contributed by atoms with E-state index < -0.39 is 0 Å². The summed E-state index contributed by atoms with van der Waals surface area (Å²) < 4.78 is 15.6. The van der Waals surface area contributed by atoms with Gasteiger partial charge < -0.3 is 0 Å². The standard InChI is InChI=1S/C22H21AsFNO2S/c1-11-8-16(26)17(12-4-5-14(15(24)9-12)22(2,3)10-23)18-13-6-7-28-20(13)21(27)25-19(11)18/h4-9,26H,10,23H2,1-3H3,(H,25,27). The second-order valence-corrected chi connectivity index (χ2v) is 9.51. The Kier molecular flexibility index (Phi) is 4.63. The third-order valence-corrected chi connectivity index (χ3v) is 8.43. The van der Waals surface area contributed by atoms with E-state index in [2.05, 4.69) is 4.98 Å². The SMILES string of the molecule is Cc1cc(O)c(-c2ccc(C(C)(C)C[AsH2])c(F)c2)c2c1[nH]c(=O)c1sccc12. The van der Waals surface area contributed by atoms with Crippen molar-refractivity contribution in [2.75, 3.05) is 0 Å². The predicted molar refractivity (Wildman–Crippen MR) is 118 cm³/mol. The van der Waals surface area contributed by atoms with E-state index in [1.54, 1.807) is 22.9 Å². The number of fused-ring (bicyclic) bond motifs is 3.